The number of carbonyl (C=O) groups excluding carboxylic acids is 1. The van der Waals surface area contributed by atoms with Gasteiger partial charge in [-0.05, 0) is 80.7 Å². The predicted molar refractivity (Wildman–Crippen MR) is 132 cm³/mol. The summed E-state index contributed by atoms with van der Waals surface area (Å²) in [7, 11) is -3.47. The smallest absolute Gasteiger partial charge is 0.243 e. The maximum absolute atomic E-state index is 12.8. The fraction of sp³-hybridized carbons (Fsp3) is 0.458. The lowest BCUT2D eigenvalue weighted by atomic mass is 9.95. The first-order chi connectivity index (χ1) is 15.8. The van der Waals surface area contributed by atoms with Crippen LogP contribution in [0.3, 0.4) is 0 Å². The monoisotopic (exact) mass is 509 g/mol. The summed E-state index contributed by atoms with van der Waals surface area (Å²) in [5.74, 6) is -0.0809. The largest absolute Gasteiger partial charge is 0.326 e. The molecule has 0 bridgehead atoms. The van der Waals surface area contributed by atoms with Crippen molar-refractivity contribution in [2.45, 2.75) is 43.5 Å². The van der Waals surface area contributed by atoms with Gasteiger partial charge in [-0.15, -0.1) is 0 Å². The highest BCUT2D eigenvalue weighted by atomic mass is 35.5. The van der Waals surface area contributed by atoms with Gasteiger partial charge in [0.05, 0.1) is 14.9 Å². The highest BCUT2D eigenvalue weighted by Gasteiger charge is 2.27. The number of benzene rings is 2. The number of nitrogens with one attached hydrogen (secondary N) is 1. The normalized spacial score (nSPS) is 18.8. The second-order valence-electron chi connectivity index (χ2n) is 8.78. The van der Waals surface area contributed by atoms with Crippen LogP contribution in [-0.2, 0) is 21.4 Å². The maximum Gasteiger partial charge on any atom is 0.243 e. The van der Waals surface area contributed by atoms with E-state index in [-0.39, 0.29) is 16.7 Å². The Balaban J connectivity index is 1.28. The zero-order chi connectivity index (χ0) is 23.4. The molecule has 0 aliphatic carbocycles. The Labute approximate surface area is 205 Å². The lowest BCUT2D eigenvalue weighted by molar-refractivity contribution is -0.121. The Morgan fingerprint density at radius 1 is 0.909 bits per heavy atom. The molecule has 0 spiro atoms. The molecule has 0 unspecified atom stereocenters. The number of rotatable bonds is 6. The molecule has 6 nitrogen and oxygen atoms in total. The number of halogens is 2. The van der Waals surface area contributed by atoms with Gasteiger partial charge in [0.2, 0.25) is 15.9 Å². The average Bonchev–Trinajstić information content (AvgIpc) is 2.83. The zero-order valence-electron chi connectivity index (χ0n) is 18.5. The summed E-state index contributed by atoms with van der Waals surface area (Å²) in [5, 5.41) is 4.05. The van der Waals surface area contributed by atoms with Gasteiger partial charge < -0.3 is 5.32 Å². The molecule has 2 fully saturated rings. The van der Waals surface area contributed by atoms with Crippen LogP contribution >= 0.6 is 23.2 Å². The zero-order valence-corrected chi connectivity index (χ0v) is 20.8. The topological polar surface area (TPSA) is 69.7 Å². The first kappa shape index (κ1) is 24.5. The van der Waals surface area contributed by atoms with E-state index in [1.807, 2.05) is 18.2 Å². The molecule has 0 aromatic heterocycles. The highest BCUT2D eigenvalue weighted by molar-refractivity contribution is 7.89. The summed E-state index contributed by atoms with van der Waals surface area (Å²) in [6.07, 6.45) is 4.42. The quantitative estimate of drug-likeness (QED) is 0.593. The van der Waals surface area contributed by atoms with Gasteiger partial charge in [0.25, 0.3) is 0 Å². The van der Waals surface area contributed by atoms with E-state index in [9.17, 15) is 13.2 Å². The molecule has 9 heteroatoms. The Kier molecular flexibility index (Phi) is 7.97. The molecular formula is C24H29Cl2N3O3S. The Morgan fingerprint density at radius 3 is 2.21 bits per heavy atom. The molecule has 2 aromatic carbocycles. The minimum Gasteiger partial charge on any atom is -0.326 e. The van der Waals surface area contributed by atoms with E-state index in [2.05, 4.69) is 10.2 Å². The molecule has 0 saturated carbocycles. The van der Waals surface area contributed by atoms with Crippen molar-refractivity contribution in [1.29, 1.82) is 0 Å². The van der Waals surface area contributed by atoms with Crippen molar-refractivity contribution >= 4 is 44.8 Å². The SMILES string of the molecule is O=C(Nc1ccc(S(=O)(=O)N2CCCCC2)cc1)C1CCN(Cc2ccc(Cl)c(Cl)c2)CC1. The number of hydrogen-bond donors (Lipinski definition) is 1. The molecule has 2 aliphatic rings. The van der Waals surface area contributed by atoms with Gasteiger partial charge in [-0.1, -0.05) is 35.7 Å². The lowest BCUT2D eigenvalue weighted by Crippen LogP contribution is -2.37. The van der Waals surface area contributed by atoms with Gasteiger partial charge in [-0.2, -0.15) is 4.31 Å². The van der Waals surface area contributed by atoms with E-state index in [1.165, 1.54) is 0 Å². The average molecular weight is 510 g/mol. The lowest BCUT2D eigenvalue weighted by Gasteiger charge is -2.31. The van der Waals surface area contributed by atoms with Gasteiger partial charge >= 0.3 is 0 Å². The third-order valence-electron chi connectivity index (χ3n) is 6.42. The Bertz CT molecular complexity index is 1080. The van der Waals surface area contributed by atoms with E-state index in [0.717, 1.165) is 57.3 Å². The van der Waals surface area contributed by atoms with Crippen LogP contribution in [-0.4, -0.2) is 49.7 Å². The second kappa shape index (κ2) is 10.7. The molecule has 178 valence electrons. The minimum atomic E-state index is -3.47. The van der Waals surface area contributed by atoms with Gasteiger partial charge in [0.15, 0.2) is 0 Å². The molecule has 1 amide bonds. The fourth-order valence-corrected chi connectivity index (χ4v) is 6.30. The summed E-state index contributed by atoms with van der Waals surface area (Å²) < 4.78 is 27.1. The highest BCUT2D eigenvalue weighted by Crippen LogP contribution is 2.26. The van der Waals surface area contributed by atoms with Crippen LogP contribution in [0.15, 0.2) is 47.4 Å². The van der Waals surface area contributed by atoms with E-state index in [4.69, 9.17) is 23.2 Å². The minimum absolute atomic E-state index is 0.0178. The number of nitrogens with zero attached hydrogens (tertiary/aromatic N) is 2. The fourth-order valence-electron chi connectivity index (χ4n) is 4.46. The second-order valence-corrected chi connectivity index (χ2v) is 11.5. The van der Waals surface area contributed by atoms with Gasteiger partial charge in [-0.3, -0.25) is 9.69 Å². The van der Waals surface area contributed by atoms with Crippen molar-refractivity contribution in [2.75, 3.05) is 31.5 Å². The number of sulfonamides is 1. The Morgan fingerprint density at radius 2 is 1.58 bits per heavy atom. The van der Waals surface area contributed by atoms with Crippen LogP contribution in [0.4, 0.5) is 5.69 Å². The van der Waals surface area contributed by atoms with Gasteiger partial charge in [0, 0.05) is 31.2 Å². The summed E-state index contributed by atoms with van der Waals surface area (Å²) in [6, 6.07) is 12.2. The van der Waals surface area contributed by atoms with Crippen molar-refractivity contribution < 1.29 is 13.2 Å². The first-order valence-electron chi connectivity index (χ1n) is 11.4. The summed E-state index contributed by atoms with van der Waals surface area (Å²) in [6.45, 7) is 3.57. The van der Waals surface area contributed by atoms with Crippen molar-refractivity contribution in [3.63, 3.8) is 0 Å². The van der Waals surface area contributed by atoms with E-state index in [1.54, 1.807) is 28.6 Å². The van der Waals surface area contributed by atoms with Crippen molar-refractivity contribution in [2.24, 2.45) is 5.92 Å². The molecule has 4 rings (SSSR count). The van der Waals surface area contributed by atoms with Crippen LogP contribution in [0, 0.1) is 5.92 Å². The van der Waals surface area contributed by atoms with Crippen LogP contribution < -0.4 is 5.32 Å². The van der Waals surface area contributed by atoms with Crippen LogP contribution in [0.5, 0.6) is 0 Å². The standard InChI is InChI=1S/C24H29Cl2N3O3S/c25-22-9-4-18(16-23(22)26)17-28-14-10-19(11-15-28)24(30)27-20-5-7-21(8-6-20)33(31,32)29-12-2-1-3-13-29/h4-9,16,19H,1-3,10-15,17H2,(H,27,30). The van der Waals surface area contributed by atoms with Crippen LogP contribution in [0.2, 0.25) is 10.0 Å². The van der Waals surface area contributed by atoms with E-state index < -0.39 is 10.0 Å². The molecule has 33 heavy (non-hydrogen) atoms. The van der Waals surface area contributed by atoms with E-state index in [0.29, 0.717) is 28.8 Å². The number of piperidine rings is 2. The molecule has 2 aromatic rings. The van der Waals surface area contributed by atoms with Crippen LogP contribution in [0.1, 0.15) is 37.7 Å². The van der Waals surface area contributed by atoms with Crippen LogP contribution in [0.25, 0.3) is 0 Å². The molecule has 2 heterocycles. The molecule has 2 aliphatic heterocycles. The third kappa shape index (κ3) is 6.08. The van der Waals surface area contributed by atoms with Gasteiger partial charge in [-0.25, -0.2) is 8.42 Å². The third-order valence-corrected chi connectivity index (χ3v) is 9.08. The summed E-state index contributed by atoms with van der Waals surface area (Å²) >= 11 is 12.1. The summed E-state index contributed by atoms with van der Waals surface area (Å²) in [4.78, 5) is 15.3. The maximum atomic E-state index is 12.8. The number of anilines is 1. The molecule has 0 atom stereocenters. The molecule has 2 saturated heterocycles. The number of amides is 1. The molecular weight excluding hydrogens is 481 g/mol. The number of hydrogen-bond acceptors (Lipinski definition) is 4. The molecule has 0 radical (unpaired) electrons. The Hall–Kier alpha value is -1.64. The van der Waals surface area contributed by atoms with Gasteiger partial charge in [0.1, 0.15) is 0 Å². The predicted octanol–water partition coefficient (Wildman–Crippen LogP) is 5.02. The van der Waals surface area contributed by atoms with Crippen molar-refractivity contribution in [3.8, 4) is 0 Å². The molecule has 1 N–H and O–H groups in total. The van der Waals surface area contributed by atoms with Crippen molar-refractivity contribution in [3.05, 3.63) is 58.1 Å². The number of carbonyl (C=O) groups is 1. The number of likely N-dealkylation sites (tertiary alicyclic amines) is 1. The van der Waals surface area contributed by atoms with E-state index >= 15 is 0 Å². The first-order valence-corrected chi connectivity index (χ1v) is 13.6. The van der Waals surface area contributed by atoms with Crippen molar-refractivity contribution in [1.82, 2.24) is 9.21 Å². The summed E-state index contributed by atoms with van der Waals surface area (Å²) in [5.41, 5.74) is 1.72.